The Morgan fingerprint density at radius 1 is 0.971 bits per heavy atom. The van der Waals surface area contributed by atoms with Gasteiger partial charge in [-0.3, -0.25) is 9.59 Å². The van der Waals surface area contributed by atoms with Crippen molar-refractivity contribution in [3.05, 3.63) is 77.9 Å². The molecule has 0 aliphatic carbocycles. The average molecular weight is 478 g/mol. The fourth-order valence-electron chi connectivity index (χ4n) is 4.23. The summed E-state index contributed by atoms with van der Waals surface area (Å²) in [6, 6.07) is 10.9. The van der Waals surface area contributed by atoms with Gasteiger partial charge in [-0.2, -0.15) is 0 Å². The van der Waals surface area contributed by atoms with E-state index in [1.54, 1.807) is 62.1 Å². The summed E-state index contributed by atoms with van der Waals surface area (Å²) in [6.45, 7) is 0.899. The van der Waals surface area contributed by atoms with Crippen molar-refractivity contribution in [2.24, 2.45) is 0 Å². The highest BCUT2D eigenvalue weighted by atomic mass is 16.5. The van der Waals surface area contributed by atoms with Crippen molar-refractivity contribution in [2.45, 2.75) is 19.0 Å². The molecule has 2 heterocycles. The summed E-state index contributed by atoms with van der Waals surface area (Å²) in [5, 5.41) is 11.2. The highest BCUT2D eigenvalue weighted by Gasteiger charge is 2.47. The molecule has 2 aromatic carbocycles. The fraction of sp³-hybridized carbons (Fsp3) is 0.269. The Morgan fingerprint density at radius 2 is 1.69 bits per heavy atom. The Hall–Kier alpha value is -4.27. The predicted octanol–water partition coefficient (Wildman–Crippen LogP) is 3.42. The number of amides is 1. The lowest BCUT2D eigenvalue weighted by molar-refractivity contribution is -0.140. The average Bonchev–Trinajstić information content (AvgIpc) is 3.50. The number of ether oxygens (including phenoxy) is 3. The van der Waals surface area contributed by atoms with Crippen LogP contribution in [0.3, 0.4) is 0 Å². The molecule has 0 saturated carbocycles. The normalized spacial score (nSPS) is 17.0. The number of rotatable bonds is 9. The number of aromatic nitrogens is 2. The van der Waals surface area contributed by atoms with E-state index in [4.69, 9.17) is 14.2 Å². The van der Waals surface area contributed by atoms with Gasteiger partial charge >= 0.3 is 0 Å². The minimum Gasteiger partial charge on any atom is -0.507 e. The van der Waals surface area contributed by atoms with Crippen LogP contribution in [0.1, 0.15) is 23.6 Å². The lowest BCUT2D eigenvalue weighted by atomic mass is 9.94. The molecule has 9 nitrogen and oxygen atoms in total. The Kier molecular flexibility index (Phi) is 7.05. The van der Waals surface area contributed by atoms with Gasteiger partial charge in [0.25, 0.3) is 11.7 Å². The Morgan fingerprint density at radius 3 is 2.31 bits per heavy atom. The van der Waals surface area contributed by atoms with E-state index in [0.29, 0.717) is 41.3 Å². The highest BCUT2D eigenvalue weighted by molar-refractivity contribution is 6.46. The van der Waals surface area contributed by atoms with Crippen LogP contribution in [0.15, 0.2) is 66.8 Å². The van der Waals surface area contributed by atoms with Crippen LogP contribution >= 0.6 is 0 Å². The largest absolute Gasteiger partial charge is 0.507 e. The van der Waals surface area contributed by atoms with Crippen LogP contribution < -0.4 is 14.2 Å². The number of aryl methyl sites for hydroxylation is 1. The SMILES string of the molecule is COc1ccc(/C(O)=C2\C(=O)C(=O)N(CCCn3ccnc3)[C@@H]2c2cc(OC)ccc2OC)cc1. The molecule has 182 valence electrons. The number of aliphatic hydroxyl groups excluding tert-OH is 1. The molecule has 1 aliphatic heterocycles. The van der Waals surface area contributed by atoms with E-state index in [1.807, 2.05) is 10.8 Å². The number of hydrogen-bond donors (Lipinski definition) is 1. The summed E-state index contributed by atoms with van der Waals surface area (Å²) in [6.07, 6.45) is 5.79. The lowest BCUT2D eigenvalue weighted by Crippen LogP contribution is -2.31. The van der Waals surface area contributed by atoms with Gasteiger partial charge in [-0.15, -0.1) is 0 Å². The van der Waals surface area contributed by atoms with Crippen LogP contribution in [-0.2, 0) is 16.1 Å². The maximum atomic E-state index is 13.3. The van der Waals surface area contributed by atoms with Crippen LogP contribution in [0.5, 0.6) is 17.2 Å². The number of likely N-dealkylation sites (tertiary alicyclic amines) is 1. The topological polar surface area (TPSA) is 103 Å². The number of methoxy groups -OCH3 is 3. The summed E-state index contributed by atoms with van der Waals surface area (Å²) < 4.78 is 18.0. The van der Waals surface area contributed by atoms with Crippen LogP contribution in [0.25, 0.3) is 5.76 Å². The number of aliphatic hydroxyl groups is 1. The van der Waals surface area contributed by atoms with Crippen LogP contribution in [0.4, 0.5) is 0 Å². The van der Waals surface area contributed by atoms with E-state index in [-0.39, 0.29) is 17.9 Å². The second-order valence-corrected chi connectivity index (χ2v) is 7.98. The van der Waals surface area contributed by atoms with Gasteiger partial charge < -0.3 is 28.8 Å². The third-order valence-electron chi connectivity index (χ3n) is 6.01. The monoisotopic (exact) mass is 477 g/mol. The first-order valence-corrected chi connectivity index (χ1v) is 11.1. The third kappa shape index (κ3) is 4.70. The molecular weight excluding hydrogens is 450 g/mol. The van der Waals surface area contributed by atoms with E-state index in [1.165, 1.54) is 19.1 Å². The standard InChI is InChI=1S/C26H27N3O6/c1-33-18-7-5-17(6-8-18)24(30)22-23(20-15-19(34-2)9-10-21(20)35-3)29(26(32)25(22)31)13-4-12-28-14-11-27-16-28/h5-11,14-16,23,30H,4,12-13H2,1-3H3/b24-22+/t23-/m1/s1. The minimum absolute atomic E-state index is 0.00523. The number of hydrogen-bond acceptors (Lipinski definition) is 7. The van der Waals surface area contributed by atoms with Gasteiger partial charge in [-0.1, -0.05) is 0 Å². The highest BCUT2D eigenvalue weighted by Crippen LogP contribution is 2.44. The van der Waals surface area contributed by atoms with E-state index in [2.05, 4.69) is 4.98 Å². The molecule has 1 aromatic heterocycles. The number of Topliss-reactive ketones (excluding diaryl/α,β-unsaturated/α-hetero) is 1. The molecule has 4 rings (SSSR count). The quantitative estimate of drug-likeness (QED) is 0.286. The molecule has 0 spiro atoms. The van der Waals surface area contributed by atoms with Crippen molar-refractivity contribution in [3.63, 3.8) is 0 Å². The molecule has 1 atom stereocenters. The zero-order valence-corrected chi connectivity index (χ0v) is 19.8. The number of carbonyl (C=O) groups is 2. The van der Waals surface area contributed by atoms with Gasteiger partial charge in [0.2, 0.25) is 0 Å². The van der Waals surface area contributed by atoms with Crippen molar-refractivity contribution >= 4 is 17.4 Å². The van der Waals surface area contributed by atoms with Gasteiger partial charge in [0.05, 0.1) is 39.3 Å². The number of ketones is 1. The third-order valence-corrected chi connectivity index (χ3v) is 6.01. The molecule has 0 unspecified atom stereocenters. The van der Waals surface area contributed by atoms with E-state index < -0.39 is 17.7 Å². The van der Waals surface area contributed by atoms with Crippen molar-refractivity contribution in [3.8, 4) is 17.2 Å². The molecule has 1 saturated heterocycles. The molecule has 0 bridgehead atoms. The first-order chi connectivity index (χ1) is 17.0. The fourth-order valence-corrected chi connectivity index (χ4v) is 4.23. The summed E-state index contributed by atoms with van der Waals surface area (Å²) in [5.41, 5.74) is 0.937. The smallest absolute Gasteiger partial charge is 0.295 e. The molecule has 3 aromatic rings. The second-order valence-electron chi connectivity index (χ2n) is 7.98. The van der Waals surface area contributed by atoms with Gasteiger partial charge in [-0.25, -0.2) is 4.98 Å². The van der Waals surface area contributed by atoms with Crippen LogP contribution in [-0.4, -0.2) is 59.1 Å². The lowest BCUT2D eigenvalue weighted by Gasteiger charge is -2.27. The molecule has 9 heteroatoms. The Balaban J connectivity index is 1.80. The molecule has 35 heavy (non-hydrogen) atoms. The van der Waals surface area contributed by atoms with Crippen LogP contribution in [0.2, 0.25) is 0 Å². The van der Waals surface area contributed by atoms with Crippen molar-refractivity contribution < 1.29 is 28.9 Å². The molecule has 1 fully saturated rings. The number of benzene rings is 2. The molecular formula is C26H27N3O6. The van der Waals surface area contributed by atoms with Crippen LogP contribution in [0, 0.1) is 0 Å². The van der Waals surface area contributed by atoms with E-state index in [9.17, 15) is 14.7 Å². The Bertz CT molecular complexity index is 1230. The Labute approximate surface area is 203 Å². The molecule has 0 radical (unpaired) electrons. The zero-order valence-electron chi connectivity index (χ0n) is 19.8. The summed E-state index contributed by atoms with van der Waals surface area (Å²) in [4.78, 5) is 32.0. The predicted molar refractivity (Wildman–Crippen MR) is 128 cm³/mol. The van der Waals surface area contributed by atoms with Gasteiger partial charge in [0, 0.05) is 36.6 Å². The second kappa shape index (κ2) is 10.3. The summed E-state index contributed by atoms with van der Waals surface area (Å²) >= 11 is 0. The minimum atomic E-state index is -0.857. The van der Waals surface area contributed by atoms with Gasteiger partial charge in [0.1, 0.15) is 23.0 Å². The molecule has 1 amide bonds. The van der Waals surface area contributed by atoms with Crippen molar-refractivity contribution in [1.82, 2.24) is 14.5 Å². The number of nitrogens with zero attached hydrogens (tertiary/aromatic N) is 3. The summed E-state index contributed by atoms with van der Waals surface area (Å²) in [7, 11) is 4.59. The van der Waals surface area contributed by atoms with E-state index >= 15 is 0 Å². The number of carbonyl (C=O) groups excluding carboxylic acids is 2. The molecule has 1 N–H and O–H groups in total. The zero-order chi connectivity index (χ0) is 24.9. The first kappa shape index (κ1) is 23.9. The summed E-state index contributed by atoms with van der Waals surface area (Å²) in [5.74, 6) is -0.0888. The van der Waals surface area contributed by atoms with Crippen molar-refractivity contribution in [2.75, 3.05) is 27.9 Å². The molecule has 1 aliphatic rings. The maximum absolute atomic E-state index is 13.3. The maximum Gasteiger partial charge on any atom is 0.295 e. The van der Waals surface area contributed by atoms with Gasteiger partial charge in [-0.05, 0) is 48.9 Å². The number of imidazole rings is 1. The van der Waals surface area contributed by atoms with Crippen molar-refractivity contribution in [1.29, 1.82) is 0 Å². The van der Waals surface area contributed by atoms with E-state index in [0.717, 1.165) is 0 Å². The van der Waals surface area contributed by atoms with Gasteiger partial charge in [0.15, 0.2) is 0 Å². The first-order valence-electron chi connectivity index (χ1n) is 11.1.